The van der Waals surface area contributed by atoms with E-state index in [1.165, 1.54) is 0 Å². The van der Waals surface area contributed by atoms with Crippen LogP contribution in [-0.2, 0) is 11.3 Å². The van der Waals surface area contributed by atoms with Crippen LogP contribution in [0.25, 0.3) is 0 Å². The fraction of sp³-hybridized carbons (Fsp3) is 0.667. The lowest BCUT2D eigenvalue weighted by molar-refractivity contribution is -0.132. The van der Waals surface area contributed by atoms with E-state index < -0.39 is 0 Å². The maximum atomic E-state index is 11.8. The van der Waals surface area contributed by atoms with Gasteiger partial charge in [-0.2, -0.15) is 5.10 Å². The van der Waals surface area contributed by atoms with Crippen LogP contribution in [0.4, 0.5) is 0 Å². The Bertz CT molecular complexity index is 387. The van der Waals surface area contributed by atoms with Crippen molar-refractivity contribution in [3.63, 3.8) is 0 Å². The summed E-state index contributed by atoms with van der Waals surface area (Å²) in [6.45, 7) is 6.31. The fourth-order valence-electron chi connectivity index (χ4n) is 1.65. The van der Waals surface area contributed by atoms with Crippen molar-refractivity contribution < 1.29 is 9.90 Å². The van der Waals surface area contributed by atoms with E-state index in [2.05, 4.69) is 5.10 Å². The molecular formula is C12H21N3O2. The highest BCUT2D eigenvalue weighted by Crippen LogP contribution is 2.05. The Morgan fingerprint density at radius 1 is 1.59 bits per heavy atom. The Labute approximate surface area is 102 Å². The summed E-state index contributed by atoms with van der Waals surface area (Å²) in [4.78, 5) is 13.4. The second kappa shape index (κ2) is 5.82. The third-order valence-corrected chi connectivity index (χ3v) is 2.96. The molecule has 1 rings (SSSR count). The number of hydrogen-bond acceptors (Lipinski definition) is 3. The number of amides is 1. The molecule has 96 valence electrons. The van der Waals surface area contributed by atoms with Gasteiger partial charge < -0.3 is 10.0 Å². The summed E-state index contributed by atoms with van der Waals surface area (Å²) in [6, 6.07) is 1.85. The molecule has 0 radical (unpaired) electrons. The van der Waals surface area contributed by atoms with E-state index in [-0.39, 0.29) is 18.6 Å². The first-order valence-electron chi connectivity index (χ1n) is 5.83. The van der Waals surface area contributed by atoms with Crippen molar-refractivity contribution in [1.29, 1.82) is 0 Å². The summed E-state index contributed by atoms with van der Waals surface area (Å²) < 4.78 is 1.84. The highest BCUT2D eigenvalue weighted by atomic mass is 16.3. The molecule has 0 spiro atoms. The van der Waals surface area contributed by atoms with Crippen LogP contribution in [0, 0.1) is 13.8 Å². The number of aromatic nitrogens is 2. The summed E-state index contributed by atoms with van der Waals surface area (Å²) in [5.74, 6) is 0.0269. The Balaban J connectivity index is 2.51. The number of aryl methyl sites for hydroxylation is 3. The Morgan fingerprint density at radius 2 is 2.24 bits per heavy atom. The van der Waals surface area contributed by atoms with E-state index in [0.29, 0.717) is 13.0 Å². The van der Waals surface area contributed by atoms with E-state index in [1.54, 1.807) is 11.9 Å². The van der Waals surface area contributed by atoms with Gasteiger partial charge in [0, 0.05) is 25.7 Å². The predicted octanol–water partition coefficient (Wildman–Crippen LogP) is 0.729. The zero-order chi connectivity index (χ0) is 13.0. The normalized spacial score (nSPS) is 12.5. The number of aliphatic hydroxyl groups excluding tert-OH is 1. The molecule has 0 aliphatic heterocycles. The highest BCUT2D eigenvalue weighted by molar-refractivity contribution is 5.76. The van der Waals surface area contributed by atoms with Crippen LogP contribution in [0.1, 0.15) is 24.7 Å². The van der Waals surface area contributed by atoms with Gasteiger partial charge in [0.1, 0.15) is 0 Å². The lowest BCUT2D eigenvalue weighted by Crippen LogP contribution is -2.37. The molecule has 17 heavy (non-hydrogen) atoms. The molecule has 0 saturated heterocycles. The SMILES string of the molecule is Cc1cc(C)n(CCC(=O)N(C)C(C)CO)n1. The van der Waals surface area contributed by atoms with Crippen LogP contribution < -0.4 is 0 Å². The molecule has 1 unspecified atom stereocenters. The zero-order valence-electron chi connectivity index (χ0n) is 11.0. The van der Waals surface area contributed by atoms with Gasteiger partial charge in [0.15, 0.2) is 0 Å². The van der Waals surface area contributed by atoms with Crippen LogP contribution in [0.2, 0.25) is 0 Å². The smallest absolute Gasteiger partial charge is 0.224 e. The minimum Gasteiger partial charge on any atom is -0.394 e. The second-order valence-corrected chi connectivity index (χ2v) is 4.44. The van der Waals surface area contributed by atoms with Crippen molar-refractivity contribution in [1.82, 2.24) is 14.7 Å². The van der Waals surface area contributed by atoms with Gasteiger partial charge in [0.25, 0.3) is 0 Å². The van der Waals surface area contributed by atoms with Gasteiger partial charge in [0.05, 0.1) is 18.3 Å². The lowest BCUT2D eigenvalue weighted by atomic mass is 10.3. The maximum Gasteiger partial charge on any atom is 0.224 e. The number of nitrogens with zero attached hydrogens (tertiary/aromatic N) is 3. The Morgan fingerprint density at radius 3 is 2.71 bits per heavy atom. The molecule has 1 atom stereocenters. The summed E-state index contributed by atoms with van der Waals surface area (Å²) in [5, 5.41) is 13.3. The molecule has 5 nitrogen and oxygen atoms in total. The number of carbonyl (C=O) groups excluding carboxylic acids is 1. The van der Waals surface area contributed by atoms with E-state index >= 15 is 0 Å². The molecular weight excluding hydrogens is 218 g/mol. The molecule has 1 N–H and O–H groups in total. The first-order valence-corrected chi connectivity index (χ1v) is 5.83. The molecule has 0 aliphatic carbocycles. The minimum atomic E-state index is -0.136. The molecule has 0 bridgehead atoms. The predicted molar refractivity (Wildman–Crippen MR) is 65.6 cm³/mol. The fourth-order valence-corrected chi connectivity index (χ4v) is 1.65. The topological polar surface area (TPSA) is 58.4 Å². The van der Waals surface area contributed by atoms with E-state index in [4.69, 9.17) is 5.11 Å². The molecule has 0 aliphatic rings. The van der Waals surface area contributed by atoms with Crippen molar-refractivity contribution in [2.75, 3.05) is 13.7 Å². The molecule has 0 aromatic carbocycles. The highest BCUT2D eigenvalue weighted by Gasteiger charge is 2.15. The monoisotopic (exact) mass is 239 g/mol. The number of rotatable bonds is 5. The molecule has 1 amide bonds. The van der Waals surface area contributed by atoms with Gasteiger partial charge in [-0.1, -0.05) is 0 Å². The molecule has 0 saturated carbocycles. The van der Waals surface area contributed by atoms with Crippen molar-refractivity contribution in [2.24, 2.45) is 0 Å². The third-order valence-electron chi connectivity index (χ3n) is 2.96. The van der Waals surface area contributed by atoms with Gasteiger partial charge in [-0.25, -0.2) is 0 Å². The summed E-state index contributed by atoms with van der Waals surface area (Å²) in [7, 11) is 1.71. The Hall–Kier alpha value is -1.36. The van der Waals surface area contributed by atoms with Crippen LogP contribution in [0.3, 0.4) is 0 Å². The Kier molecular flexibility index (Phi) is 4.69. The average molecular weight is 239 g/mol. The van der Waals surface area contributed by atoms with Crippen LogP contribution in [0.15, 0.2) is 6.07 Å². The summed E-state index contributed by atoms with van der Waals surface area (Å²) in [5.41, 5.74) is 2.03. The van der Waals surface area contributed by atoms with Gasteiger partial charge in [-0.05, 0) is 26.8 Å². The molecule has 1 aromatic heterocycles. The largest absolute Gasteiger partial charge is 0.394 e. The third kappa shape index (κ3) is 3.56. The molecule has 5 heteroatoms. The van der Waals surface area contributed by atoms with Gasteiger partial charge in [0.2, 0.25) is 5.91 Å². The molecule has 1 heterocycles. The maximum absolute atomic E-state index is 11.8. The van der Waals surface area contributed by atoms with Crippen LogP contribution >= 0.6 is 0 Å². The number of hydrogen-bond donors (Lipinski definition) is 1. The summed E-state index contributed by atoms with van der Waals surface area (Å²) in [6.07, 6.45) is 0.406. The van der Waals surface area contributed by atoms with E-state index in [0.717, 1.165) is 11.4 Å². The van der Waals surface area contributed by atoms with Gasteiger partial charge in [-0.3, -0.25) is 9.48 Å². The zero-order valence-corrected chi connectivity index (χ0v) is 11.0. The lowest BCUT2D eigenvalue weighted by Gasteiger charge is -2.23. The standard InChI is InChI=1S/C12H21N3O2/c1-9-7-10(2)15(13-9)6-5-12(17)14(4)11(3)8-16/h7,11,16H,5-6,8H2,1-4H3. The molecule has 0 fully saturated rings. The number of aliphatic hydroxyl groups is 1. The van der Waals surface area contributed by atoms with Crippen LogP contribution in [-0.4, -0.2) is 45.4 Å². The summed E-state index contributed by atoms with van der Waals surface area (Å²) >= 11 is 0. The first kappa shape index (κ1) is 13.7. The number of likely N-dealkylation sites (N-methyl/N-ethyl adjacent to an activating group) is 1. The van der Waals surface area contributed by atoms with Gasteiger partial charge in [-0.15, -0.1) is 0 Å². The number of carbonyl (C=O) groups is 1. The van der Waals surface area contributed by atoms with Crippen LogP contribution in [0.5, 0.6) is 0 Å². The van der Waals surface area contributed by atoms with E-state index in [1.807, 2.05) is 31.5 Å². The van der Waals surface area contributed by atoms with Crippen molar-refractivity contribution >= 4 is 5.91 Å². The van der Waals surface area contributed by atoms with Crippen molar-refractivity contribution in [3.05, 3.63) is 17.5 Å². The van der Waals surface area contributed by atoms with Crippen molar-refractivity contribution in [2.45, 2.75) is 39.8 Å². The van der Waals surface area contributed by atoms with E-state index in [9.17, 15) is 4.79 Å². The quantitative estimate of drug-likeness (QED) is 0.824. The minimum absolute atomic E-state index is 0.0118. The molecule has 1 aromatic rings. The first-order chi connectivity index (χ1) is 7.95. The average Bonchev–Trinajstić information content (AvgIpc) is 2.62. The second-order valence-electron chi connectivity index (χ2n) is 4.44. The van der Waals surface area contributed by atoms with Crippen molar-refractivity contribution in [3.8, 4) is 0 Å². The van der Waals surface area contributed by atoms with Gasteiger partial charge >= 0.3 is 0 Å².